The van der Waals surface area contributed by atoms with Crippen molar-refractivity contribution in [2.45, 2.75) is 39.5 Å². The van der Waals surface area contributed by atoms with Crippen molar-refractivity contribution in [2.75, 3.05) is 38.2 Å². The quantitative estimate of drug-likeness (QED) is 0.479. The van der Waals surface area contributed by atoms with Crippen molar-refractivity contribution in [1.82, 2.24) is 4.90 Å². The van der Waals surface area contributed by atoms with Crippen molar-refractivity contribution in [3.63, 3.8) is 0 Å². The van der Waals surface area contributed by atoms with Gasteiger partial charge in [-0.15, -0.1) is 0 Å². The van der Waals surface area contributed by atoms with Gasteiger partial charge in [0.15, 0.2) is 0 Å². The summed E-state index contributed by atoms with van der Waals surface area (Å²) in [4.78, 5) is 17.0. The van der Waals surface area contributed by atoms with Crippen LogP contribution in [0.15, 0.2) is 40.8 Å². The zero-order valence-electron chi connectivity index (χ0n) is 20.1. The van der Waals surface area contributed by atoms with Gasteiger partial charge < -0.3 is 19.0 Å². The average molecular weight is 463 g/mol. The monoisotopic (exact) mass is 462 g/mol. The summed E-state index contributed by atoms with van der Waals surface area (Å²) >= 11 is 0. The molecule has 178 valence electrons. The number of nitrogens with zero attached hydrogens (tertiary/aromatic N) is 2. The number of anilines is 1. The molecule has 0 saturated carbocycles. The van der Waals surface area contributed by atoms with Crippen LogP contribution in [-0.2, 0) is 17.6 Å². The van der Waals surface area contributed by atoms with Crippen LogP contribution in [0.2, 0.25) is 0 Å². The molecule has 5 nitrogen and oxygen atoms in total. The molecule has 2 aromatic carbocycles. The number of piperazine rings is 1. The van der Waals surface area contributed by atoms with Crippen LogP contribution in [-0.4, -0.2) is 44.1 Å². The van der Waals surface area contributed by atoms with Gasteiger partial charge in [-0.2, -0.15) is 0 Å². The summed E-state index contributed by atoms with van der Waals surface area (Å²) in [6, 6.07) is 8.92. The standard InChI is InChI=1S/C28H31FN2O3/c1-18(16-26(32)31-14-12-30(13-15-31)24-10-6-5-9-23(24)29)21-17-22-20-8-4-7-11-25(20)34-28(22)19(2)27(21)33-3/h5-6,9-10,16-17H,4,7-8,11-15H2,1-3H3/b18-16+. The maximum atomic E-state index is 14.1. The number of aryl methyl sites for hydroxylation is 3. The van der Waals surface area contributed by atoms with Gasteiger partial charge in [-0.1, -0.05) is 12.1 Å². The molecule has 1 aliphatic carbocycles. The van der Waals surface area contributed by atoms with E-state index < -0.39 is 0 Å². The molecule has 0 bridgehead atoms. The summed E-state index contributed by atoms with van der Waals surface area (Å²) in [5.74, 6) is 1.59. The third kappa shape index (κ3) is 3.95. The van der Waals surface area contributed by atoms with E-state index in [1.165, 1.54) is 18.1 Å². The first-order chi connectivity index (χ1) is 16.5. The Labute approximate surface area is 199 Å². The van der Waals surface area contributed by atoms with E-state index in [0.29, 0.717) is 31.9 Å². The molecular formula is C28H31FN2O3. The number of amides is 1. The molecule has 2 heterocycles. The third-order valence-electron chi connectivity index (χ3n) is 7.18. The normalized spacial score (nSPS) is 16.6. The fraction of sp³-hybridized carbons (Fsp3) is 0.393. The van der Waals surface area contributed by atoms with Crippen molar-refractivity contribution >= 4 is 28.1 Å². The summed E-state index contributed by atoms with van der Waals surface area (Å²) in [5.41, 5.74) is 5.57. The third-order valence-corrected chi connectivity index (χ3v) is 7.18. The zero-order valence-corrected chi connectivity index (χ0v) is 20.1. The highest BCUT2D eigenvalue weighted by Gasteiger charge is 2.25. The topological polar surface area (TPSA) is 45.9 Å². The Balaban J connectivity index is 1.39. The highest BCUT2D eigenvalue weighted by Crippen LogP contribution is 2.41. The van der Waals surface area contributed by atoms with Crippen LogP contribution < -0.4 is 9.64 Å². The number of hydrogen-bond donors (Lipinski definition) is 0. The van der Waals surface area contributed by atoms with E-state index in [1.807, 2.05) is 29.7 Å². The molecule has 2 aliphatic rings. The minimum Gasteiger partial charge on any atom is -0.496 e. The molecule has 5 rings (SSSR count). The molecule has 3 aromatic rings. The van der Waals surface area contributed by atoms with Gasteiger partial charge in [-0.05, 0) is 56.9 Å². The van der Waals surface area contributed by atoms with Crippen LogP contribution in [0.1, 0.15) is 42.2 Å². The molecule has 0 unspecified atom stereocenters. The summed E-state index contributed by atoms with van der Waals surface area (Å²) in [7, 11) is 1.66. The van der Waals surface area contributed by atoms with Gasteiger partial charge in [0.2, 0.25) is 5.91 Å². The number of allylic oxidation sites excluding steroid dienone is 1. The minimum atomic E-state index is -0.225. The minimum absolute atomic E-state index is 0.0280. The van der Waals surface area contributed by atoms with E-state index in [2.05, 4.69) is 6.07 Å². The number of carbonyl (C=O) groups excluding carboxylic acids is 1. The van der Waals surface area contributed by atoms with E-state index in [0.717, 1.165) is 58.4 Å². The Morgan fingerprint density at radius 2 is 1.85 bits per heavy atom. The molecule has 1 amide bonds. The molecule has 1 saturated heterocycles. The molecule has 1 fully saturated rings. The number of carbonyl (C=O) groups is 1. The summed E-state index contributed by atoms with van der Waals surface area (Å²) in [6.45, 7) is 6.31. The Morgan fingerprint density at radius 1 is 1.12 bits per heavy atom. The fourth-order valence-electron chi connectivity index (χ4n) is 5.32. The maximum Gasteiger partial charge on any atom is 0.246 e. The Morgan fingerprint density at radius 3 is 2.59 bits per heavy atom. The molecule has 0 radical (unpaired) electrons. The Hall–Kier alpha value is -3.28. The van der Waals surface area contributed by atoms with E-state index in [1.54, 1.807) is 25.3 Å². The lowest BCUT2D eigenvalue weighted by Crippen LogP contribution is -2.48. The second-order valence-corrected chi connectivity index (χ2v) is 9.26. The number of hydrogen-bond acceptors (Lipinski definition) is 4. The molecule has 6 heteroatoms. The molecular weight excluding hydrogens is 431 g/mol. The second-order valence-electron chi connectivity index (χ2n) is 9.26. The largest absolute Gasteiger partial charge is 0.496 e. The highest BCUT2D eigenvalue weighted by atomic mass is 19.1. The van der Waals surface area contributed by atoms with Gasteiger partial charge >= 0.3 is 0 Å². The van der Waals surface area contributed by atoms with Crippen LogP contribution in [0.4, 0.5) is 10.1 Å². The molecule has 0 spiro atoms. The second kappa shape index (κ2) is 9.16. The number of fused-ring (bicyclic) bond motifs is 3. The summed E-state index contributed by atoms with van der Waals surface area (Å²) in [5, 5.41) is 1.14. The number of para-hydroxylation sites is 1. The van der Waals surface area contributed by atoms with Gasteiger partial charge in [0.25, 0.3) is 0 Å². The van der Waals surface area contributed by atoms with E-state index >= 15 is 0 Å². The molecule has 0 atom stereocenters. The lowest BCUT2D eigenvalue weighted by molar-refractivity contribution is -0.126. The number of rotatable bonds is 4. The van der Waals surface area contributed by atoms with Crippen LogP contribution in [0.3, 0.4) is 0 Å². The first kappa shape index (κ1) is 22.5. The van der Waals surface area contributed by atoms with Gasteiger partial charge in [0.05, 0.1) is 12.8 Å². The number of furan rings is 1. The molecule has 34 heavy (non-hydrogen) atoms. The number of methoxy groups -OCH3 is 1. The Kier molecular flexibility index (Phi) is 6.07. The lowest BCUT2D eigenvalue weighted by Gasteiger charge is -2.35. The fourth-order valence-corrected chi connectivity index (χ4v) is 5.32. The molecule has 1 aromatic heterocycles. The van der Waals surface area contributed by atoms with Crippen LogP contribution in [0.25, 0.3) is 16.5 Å². The SMILES string of the molecule is COc1c(/C(C)=C/C(=O)N2CCN(c3ccccc3F)CC2)cc2c3c(oc2c1C)CCCC3. The van der Waals surface area contributed by atoms with Crippen molar-refractivity contribution in [2.24, 2.45) is 0 Å². The van der Waals surface area contributed by atoms with Gasteiger partial charge in [-0.3, -0.25) is 4.79 Å². The van der Waals surface area contributed by atoms with Crippen molar-refractivity contribution < 1.29 is 18.3 Å². The number of ether oxygens (including phenoxy) is 1. The van der Waals surface area contributed by atoms with E-state index in [-0.39, 0.29) is 11.7 Å². The van der Waals surface area contributed by atoms with E-state index in [4.69, 9.17) is 9.15 Å². The van der Waals surface area contributed by atoms with Crippen molar-refractivity contribution in [3.8, 4) is 5.75 Å². The summed E-state index contributed by atoms with van der Waals surface area (Å²) in [6.07, 6.45) is 6.05. The van der Waals surface area contributed by atoms with Gasteiger partial charge in [0.1, 0.15) is 22.9 Å². The first-order valence-corrected chi connectivity index (χ1v) is 12.1. The zero-order chi connectivity index (χ0) is 23.8. The van der Waals surface area contributed by atoms with Gasteiger partial charge in [-0.25, -0.2) is 4.39 Å². The Bertz CT molecular complexity index is 1270. The van der Waals surface area contributed by atoms with E-state index in [9.17, 15) is 9.18 Å². The number of benzene rings is 2. The average Bonchev–Trinajstić information content (AvgIpc) is 3.23. The predicted octanol–water partition coefficient (Wildman–Crippen LogP) is 5.52. The molecule has 1 aliphatic heterocycles. The summed E-state index contributed by atoms with van der Waals surface area (Å²) < 4.78 is 26.1. The molecule has 0 N–H and O–H groups in total. The van der Waals surface area contributed by atoms with Gasteiger partial charge in [0, 0.05) is 60.8 Å². The van der Waals surface area contributed by atoms with Crippen molar-refractivity contribution in [3.05, 3.63) is 64.7 Å². The highest BCUT2D eigenvalue weighted by molar-refractivity contribution is 5.98. The smallest absolute Gasteiger partial charge is 0.246 e. The van der Waals surface area contributed by atoms with Crippen LogP contribution in [0, 0.1) is 12.7 Å². The maximum absolute atomic E-state index is 14.1. The predicted molar refractivity (Wildman–Crippen MR) is 133 cm³/mol. The lowest BCUT2D eigenvalue weighted by atomic mass is 9.93. The van der Waals surface area contributed by atoms with Crippen molar-refractivity contribution in [1.29, 1.82) is 0 Å². The van der Waals surface area contributed by atoms with Crippen LogP contribution >= 0.6 is 0 Å². The number of halogens is 1. The van der Waals surface area contributed by atoms with Crippen LogP contribution in [0.5, 0.6) is 5.75 Å². The first-order valence-electron chi connectivity index (χ1n) is 12.1.